The number of nitrogens with one attached hydrogen (secondary N) is 1. The van der Waals surface area contributed by atoms with Crippen molar-refractivity contribution >= 4 is 23.2 Å². The van der Waals surface area contributed by atoms with E-state index in [4.69, 9.17) is 16.1 Å². The fourth-order valence-corrected chi connectivity index (χ4v) is 1.50. The van der Waals surface area contributed by atoms with Gasteiger partial charge in [-0.05, 0) is 25.5 Å². The summed E-state index contributed by atoms with van der Waals surface area (Å²) in [5, 5.41) is 6.45. The molecule has 1 amide bonds. The third-order valence-corrected chi connectivity index (χ3v) is 2.52. The number of hydrogen-bond donors (Lipinski definition) is 1. The molecule has 0 unspecified atom stereocenters. The topological polar surface area (TPSA) is 68.0 Å². The standard InChI is InChI=1S/C11H10ClN3O2/c1-6-3-9(10(12)13-4-6)15-11(16)8-5-14-17-7(8)2/h3-5H,1-2H3,(H,15,16). The number of carbonyl (C=O) groups excluding carboxylic acids is 1. The third-order valence-electron chi connectivity index (χ3n) is 2.22. The average molecular weight is 252 g/mol. The molecule has 2 rings (SSSR count). The minimum absolute atomic E-state index is 0.248. The molecule has 0 fully saturated rings. The first-order valence-corrected chi connectivity index (χ1v) is 5.30. The van der Waals surface area contributed by atoms with Crippen molar-refractivity contribution < 1.29 is 9.32 Å². The number of hydrogen-bond acceptors (Lipinski definition) is 4. The fraction of sp³-hybridized carbons (Fsp3) is 0.182. The number of amides is 1. The fourth-order valence-electron chi connectivity index (χ4n) is 1.35. The summed E-state index contributed by atoms with van der Waals surface area (Å²) < 4.78 is 4.82. The Bertz CT molecular complexity index is 566. The summed E-state index contributed by atoms with van der Waals surface area (Å²) in [7, 11) is 0. The van der Waals surface area contributed by atoms with Crippen LogP contribution in [0.4, 0.5) is 5.69 Å². The van der Waals surface area contributed by atoms with E-state index in [9.17, 15) is 4.79 Å². The van der Waals surface area contributed by atoms with E-state index in [0.717, 1.165) is 5.56 Å². The summed E-state index contributed by atoms with van der Waals surface area (Å²) in [5.74, 6) is 0.136. The summed E-state index contributed by atoms with van der Waals surface area (Å²) in [6.07, 6.45) is 2.99. The molecule has 2 heterocycles. The van der Waals surface area contributed by atoms with E-state index in [0.29, 0.717) is 17.0 Å². The molecule has 0 saturated heterocycles. The first-order valence-electron chi connectivity index (χ1n) is 4.92. The maximum atomic E-state index is 11.9. The lowest BCUT2D eigenvalue weighted by molar-refractivity contribution is 0.102. The lowest BCUT2D eigenvalue weighted by atomic mass is 10.2. The number of rotatable bonds is 2. The lowest BCUT2D eigenvalue weighted by Gasteiger charge is -2.06. The highest BCUT2D eigenvalue weighted by Gasteiger charge is 2.14. The average Bonchev–Trinajstić information content (AvgIpc) is 2.70. The Morgan fingerprint density at radius 2 is 2.18 bits per heavy atom. The van der Waals surface area contributed by atoms with Gasteiger partial charge in [-0.25, -0.2) is 4.98 Å². The summed E-state index contributed by atoms with van der Waals surface area (Å²) in [4.78, 5) is 15.8. The minimum Gasteiger partial charge on any atom is -0.361 e. The van der Waals surface area contributed by atoms with Crippen LogP contribution in [-0.2, 0) is 0 Å². The lowest BCUT2D eigenvalue weighted by Crippen LogP contribution is -2.13. The van der Waals surface area contributed by atoms with Crippen LogP contribution < -0.4 is 5.32 Å². The van der Waals surface area contributed by atoms with E-state index in [1.165, 1.54) is 6.20 Å². The molecule has 88 valence electrons. The van der Waals surface area contributed by atoms with E-state index < -0.39 is 0 Å². The SMILES string of the molecule is Cc1cnc(Cl)c(NC(=O)c2cnoc2C)c1. The molecule has 0 aromatic carbocycles. The summed E-state index contributed by atoms with van der Waals surface area (Å²) in [6, 6.07) is 1.75. The Labute approximate surface area is 103 Å². The quantitative estimate of drug-likeness (QED) is 0.833. The van der Waals surface area contributed by atoms with Crippen LogP contribution in [0.5, 0.6) is 0 Å². The van der Waals surface area contributed by atoms with Crippen LogP contribution in [0.1, 0.15) is 21.7 Å². The molecule has 6 heteroatoms. The van der Waals surface area contributed by atoms with Crippen molar-refractivity contribution in [1.82, 2.24) is 10.1 Å². The van der Waals surface area contributed by atoms with Gasteiger partial charge >= 0.3 is 0 Å². The molecule has 0 aliphatic rings. The van der Waals surface area contributed by atoms with Gasteiger partial charge in [-0.1, -0.05) is 16.8 Å². The predicted octanol–water partition coefficient (Wildman–Crippen LogP) is 2.59. The first-order chi connectivity index (χ1) is 8.08. The highest BCUT2D eigenvalue weighted by atomic mass is 35.5. The van der Waals surface area contributed by atoms with Gasteiger partial charge < -0.3 is 9.84 Å². The molecule has 17 heavy (non-hydrogen) atoms. The van der Waals surface area contributed by atoms with Gasteiger partial charge in [-0.3, -0.25) is 4.79 Å². The van der Waals surface area contributed by atoms with Crippen molar-refractivity contribution in [3.8, 4) is 0 Å². The Kier molecular flexibility index (Phi) is 3.10. The second-order valence-electron chi connectivity index (χ2n) is 3.60. The van der Waals surface area contributed by atoms with Crippen molar-refractivity contribution in [3.05, 3.63) is 40.5 Å². The summed E-state index contributed by atoms with van der Waals surface area (Å²) >= 11 is 5.88. The van der Waals surface area contributed by atoms with Gasteiger partial charge in [0.1, 0.15) is 11.3 Å². The molecule has 2 aromatic heterocycles. The molecule has 0 spiro atoms. The van der Waals surface area contributed by atoms with Gasteiger partial charge in [-0.15, -0.1) is 0 Å². The van der Waals surface area contributed by atoms with Crippen molar-refractivity contribution in [1.29, 1.82) is 0 Å². The molecular weight excluding hydrogens is 242 g/mol. The predicted molar refractivity (Wildman–Crippen MR) is 63.2 cm³/mol. The van der Waals surface area contributed by atoms with Crippen LogP contribution >= 0.6 is 11.6 Å². The van der Waals surface area contributed by atoms with Crippen LogP contribution in [-0.4, -0.2) is 16.0 Å². The zero-order valence-corrected chi connectivity index (χ0v) is 10.1. The molecule has 0 aliphatic heterocycles. The van der Waals surface area contributed by atoms with E-state index in [1.54, 1.807) is 19.2 Å². The maximum absolute atomic E-state index is 11.9. The molecule has 5 nitrogen and oxygen atoms in total. The Morgan fingerprint density at radius 1 is 1.41 bits per heavy atom. The molecule has 0 saturated carbocycles. The van der Waals surface area contributed by atoms with Crippen molar-refractivity contribution in [3.63, 3.8) is 0 Å². The van der Waals surface area contributed by atoms with Crippen LogP contribution in [0.25, 0.3) is 0 Å². The van der Waals surface area contributed by atoms with Crippen LogP contribution in [0, 0.1) is 13.8 Å². The van der Waals surface area contributed by atoms with E-state index in [-0.39, 0.29) is 11.1 Å². The van der Waals surface area contributed by atoms with Crippen LogP contribution in [0.3, 0.4) is 0 Å². The molecule has 0 bridgehead atoms. The van der Waals surface area contributed by atoms with E-state index in [1.807, 2.05) is 6.92 Å². The third kappa shape index (κ3) is 2.45. The van der Waals surface area contributed by atoms with E-state index >= 15 is 0 Å². The molecule has 0 atom stereocenters. The summed E-state index contributed by atoms with van der Waals surface area (Å²) in [5.41, 5.74) is 1.76. The Morgan fingerprint density at radius 3 is 2.82 bits per heavy atom. The largest absolute Gasteiger partial charge is 0.361 e. The smallest absolute Gasteiger partial charge is 0.260 e. The number of halogens is 1. The van der Waals surface area contributed by atoms with Gasteiger partial charge in [0.05, 0.1) is 11.9 Å². The van der Waals surface area contributed by atoms with Crippen LogP contribution in [0.15, 0.2) is 23.0 Å². The second-order valence-corrected chi connectivity index (χ2v) is 3.96. The normalized spacial score (nSPS) is 10.3. The number of aromatic nitrogens is 2. The minimum atomic E-state index is -0.321. The van der Waals surface area contributed by atoms with Gasteiger partial charge in [0.2, 0.25) is 0 Å². The zero-order chi connectivity index (χ0) is 12.4. The Balaban J connectivity index is 2.24. The number of anilines is 1. The highest BCUT2D eigenvalue weighted by molar-refractivity contribution is 6.32. The second kappa shape index (κ2) is 4.55. The molecule has 0 radical (unpaired) electrons. The number of nitrogens with zero attached hydrogens (tertiary/aromatic N) is 2. The zero-order valence-electron chi connectivity index (χ0n) is 9.32. The van der Waals surface area contributed by atoms with Gasteiger partial charge in [0.15, 0.2) is 5.15 Å². The molecule has 1 N–H and O–H groups in total. The van der Waals surface area contributed by atoms with Gasteiger partial charge in [-0.2, -0.15) is 0 Å². The maximum Gasteiger partial charge on any atom is 0.260 e. The van der Waals surface area contributed by atoms with Crippen molar-refractivity contribution in [2.75, 3.05) is 5.32 Å². The molecular formula is C11H10ClN3O2. The van der Waals surface area contributed by atoms with Crippen molar-refractivity contribution in [2.45, 2.75) is 13.8 Å². The molecule has 2 aromatic rings. The van der Waals surface area contributed by atoms with Crippen LogP contribution in [0.2, 0.25) is 5.15 Å². The van der Waals surface area contributed by atoms with Gasteiger partial charge in [0.25, 0.3) is 5.91 Å². The first kappa shape index (κ1) is 11.6. The monoisotopic (exact) mass is 251 g/mol. The number of pyridine rings is 1. The van der Waals surface area contributed by atoms with Gasteiger partial charge in [0, 0.05) is 6.20 Å². The number of carbonyl (C=O) groups is 1. The van der Waals surface area contributed by atoms with Crippen molar-refractivity contribution in [2.24, 2.45) is 0 Å². The van der Waals surface area contributed by atoms with E-state index in [2.05, 4.69) is 15.5 Å². The number of aryl methyl sites for hydroxylation is 2. The Hall–Kier alpha value is -1.88. The highest BCUT2D eigenvalue weighted by Crippen LogP contribution is 2.21. The summed E-state index contributed by atoms with van der Waals surface area (Å²) in [6.45, 7) is 3.53. The molecule has 0 aliphatic carbocycles.